The lowest BCUT2D eigenvalue weighted by Gasteiger charge is -2.08. The first-order valence-corrected chi connectivity index (χ1v) is 11.1. The highest BCUT2D eigenvalue weighted by Crippen LogP contribution is 2.40. The Labute approximate surface area is 180 Å². The van der Waals surface area contributed by atoms with E-state index < -0.39 is 0 Å². The normalized spacial score (nSPS) is 13.4. The molecule has 0 radical (unpaired) electrons. The number of benzene rings is 1. The summed E-state index contributed by atoms with van der Waals surface area (Å²) in [6.07, 6.45) is 4.61. The summed E-state index contributed by atoms with van der Waals surface area (Å²) in [5, 5.41) is 17.1. The molecule has 4 rings (SSSR count). The van der Waals surface area contributed by atoms with Crippen molar-refractivity contribution < 1.29 is 4.79 Å². The second kappa shape index (κ2) is 8.87. The predicted molar refractivity (Wildman–Crippen MR) is 119 cm³/mol. The molecule has 0 atom stereocenters. The van der Waals surface area contributed by atoms with E-state index in [9.17, 15) is 4.79 Å². The van der Waals surface area contributed by atoms with E-state index in [0.717, 1.165) is 33.7 Å². The molecule has 1 fully saturated rings. The maximum absolute atomic E-state index is 12.6. The van der Waals surface area contributed by atoms with Crippen molar-refractivity contribution in [2.45, 2.75) is 50.7 Å². The molecule has 2 aromatic heterocycles. The molecule has 3 aromatic rings. The van der Waals surface area contributed by atoms with Crippen LogP contribution in [0.25, 0.3) is 5.69 Å². The smallest absolute Gasteiger partial charge is 0.225 e. The topological polar surface area (TPSA) is 77.6 Å². The summed E-state index contributed by atoms with van der Waals surface area (Å²) < 4.78 is 3.97. The third-order valence-corrected chi connectivity index (χ3v) is 6.08. The highest BCUT2D eigenvalue weighted by Gasteiger charge is 2.30. The number of carbonyl (C=O) groups excluding carboxylic acids is 1. The van der Waals surface area contributed by atoms with Crippen LogP contribution in [0, 0.1) is 13.8 Å². The highest BCUT2D eigenvalue weighted by molar-refractivity contribution is 7.99. The molecule has 8 heteroatoms. The van der Waals surface area contributed by atoms with Crippen LogP contribution in [0.5, 0.6) is 0 Å². The number of thioether (sulfide) groups is 1. The van der Waals surface area contributed by atoms with Crippen LogP contribution >= 0.6 is 11.8 Å². The summed E-state index contributed by atoms with van der Waals surface area (Å²) in [7, 11) is 0. The quantitative estimate of drug-likeness (QED) is 0.412. The number of para-hydroxylation sites is 1. The van der Waals surface area contributed by atoms with Crippen LogP contribution in [-0.4, -0.2) is 36.2 Å². The van der Waals surface area contributed by atoms with Crippen LogP contribution in [0.15, 0.2) is 48.1 Å². The minimum atomic E-state index is -0.0292. The summed E-state index contributed by atoms with van der Waals surface area (Å²) >= 11 is 1.56. The molecule has 0 spiro atoms. The second-order valence-corrected chi connectivity index (χ2v) is 8.52. The van der Waals surface area contributed by atoms with Crippen molar-refractivity contribution in [3.63, 3.8) is 0 Å². The van der Waals surface area contributed by atoms with Gasteiger partial charge in [0.2, 0.25) is 5.91 Å². The van der Waals surface area contributed by atoms with Gasteiger partial charge >= 0.3 is 0 Å². The van der Waals surface area contributed by atoms with Gasteiger partial charge in [-0.3, -0.25) is 4.79 Å². The largest absolute Gasteiger partial charge is 0.323 e. The molecular weight excluding hydrogens is 396 g/mol. The molecule has 30 heavy (non-hydrogen) atoms. The van der Waals surface area contributed by atoms with Gasteiger partial charge in [-0.25, -0.2) is 4.68 Å². The Bertz CT molecular complexity index is 1050. The van der Waals surface area contributed by atoms with Crippen molar-refractivity contribution in [3.8, 4) is 5.69 Å². The van der Waals surface area contributed by atoms with E-state index in [4.69, 9.17) is 0 Å². The van der Waals surface area contributed by atoms with Crippen molar-refractivity contribution >= 4 is 23.4 Å². The number of hydrogen-bond acceptors (Lipinski definition) is 5. The molecule has 1 saturated carbocycles. The lowest BCUT2D eigenvalue weighted by Crippen LogP contribution is -2.14. The minimum absolute atomic E-state index is 0.0292. The molecule has 2 heterocycles. The third kappa shape index (κ3) is 4.33. The van der Waals surface area contributed by atoms with Crippen LogP contribution in [0.4, 0.5) is 5.69 Å². The second-order valence-electron chi connectivity index (χ2n) is 7.45. The van der Waals surface area contributed by atoms with Gasteiger partial charge in [-0.15, -0.1) is 16.8 Å². The summed E-state index contributed by atoms with van der Waals surface area (Å²) in [6, 6.07) is 9.91. The lowest BCUT2D eigenvalue weighted by molar-refractivity contribution is -0.115. The van der Waals surface area contributed by atoms with Gasteiger partial charge in [0.05, 0.1) is 22.8 Å². The molecule has 1 aliphatic rings. The van der Waals surface area contributed by atoms with Gasteiger partial charge in [-0.05, 0) is 38.8 Å². The fourth-order valence-corrected chi connectivity index (χ4v) is 4.32. The zero-order chi connectivity index (χ0) is 21.1. The Morgan fingerprint density at radius 2 is 2.03 bits per heavy atom. The highest BCUT2D eigenvalue weighted by atomic mass is 32.2. The summed E-state index contributed by atoms with van der Waals surface area (Å²) in [5.41, 5.74) is 3.47. The molecule has 1 N–H and O–H groups in total. The van der Waals surface area contributed by atoms with Crippen molar-refractivity contribution in [1.29, 1.82) is 0 Å². The van der Waals surface area contributed by atoms with E-state index in [2.05, 4.69) is 31.8 Å². The van der Waals surface area contributed by atoms with Crippen molar-refractivity contribution in [1.82, 2.24) is 24.5 Å². The molecule has 0 unspecified atom stereocenters. The fourth-order valence-electron chi connectivity index (χ4n) is 3.43. The number of aryl methyl sites for hydroxylation is 1. The molecule has 1 aromatic carbocycles. The van der Waals surface area contributed by atoms with E-state index in [-0.39, 0.29) is 5.91 Å². The first kappa shape index (κ1) is 20.4. The minimum Gasteiger partial charge on any atom is -0.323 e. The van der Waals surface area contributed by atoms with Gasteiger partial charge in [-0.2, -0.15) is 5.10 Å². The number of nitrogens with one attached hydrogen (secondary N) is 1. The summed E-state index contributed by atoms with van der Waals surface area (Å²) in [5.74, 6) is 2.18. The van der Waals surface area contributed by atoms with E-state index in [0.29, 0.717) is 24.6 Å². The standard InChI is InChI=1S/C22H26N6OS/c1-4-13-27-21(17-10-11-17)24-25-22(27)30-14-12-19(29)23-20-15(2)26-28(16(20)3)18-8-6-5-7-9-18/h4-9,17H,1,10-14H2,2-3H3,(H,23,29). The van der Waals surface area contributed by atoms with Crippen LogP contribution in [0.1, 0.15) is 42.4 Å². The van der Waals surface area contributed by atoms with E-state index in [1.807, 2.05) is 54.9 Å². The predicted octanol–water partition coefficient (Wildman–Crippen LogP) is 4.26. The number of rotatable bonds is 9. The number of carbonyl (C=O) groups is 1. The van der Waals surface area contributed by atoms with Crippen LogP contribution in [-0.2, 0) is 11.3 Å². The number of nitrogens with zero attached hydrogens (tertiary/aromatic N) is 5. The zero-order valence-corrected chi connectivity index (χ0v) is 18.2. The lowest BCUT2D eigenvalue weighted by atomic mass is 10.3. The van der Waals surface area contributed by atoms with Gasteiger partial charge in [0.15, 0.2) is 5.16 Å². The van der Waals surface area contributed by atoms with Crippen molar-refractivity contribution in [2.24, 2.45) is 0 Å². The number of allylic oxidation sites excluding steroid dienone is 1. The Hall–Kier alpha value is -2.87. The fraction of sp³-hybridized carbons (Fsp3) is 0.364. The summed E-state index contributed by atoms with van der Waals surface area (Å²) in [6.45, 7) is 8.41. The van der Waals surface area contributed by atoms with E-state index >= 15 is 0 Å². The Kier molecular flexibility index (Phi) is 6.03. The van der Waals surface area contributed by atoms with Crippen molar-refractivity contribution in [2.75, 3.05) is 11.1 Å². The average Bonchev–Trinajstić information content (AvgIpc) is 3.46. The van der Waals surface area contributed by atoms with E-state index in [1.54, 1.807) is 11.8 Å². The zero-order valence-electron chi connectivity index (χ0n) is 17.3. The number of amides is 1. The molecule has 0 saturated heterocycles. The Morgan fingerprint density at radius 3 is 2.73 bits per heavy atom. The molecule has 7 nitrogen and oxygen atoms in total. The SMILES string of the molecule is C=CCn1c(SCCC(=O)Nc2c(C)nn(-c3ccccc3)c2C)nnc1C1CC1. The average molecular weight is 423 g/mol. The van der Waals surface area contributed by atoms with Gasteiger partial charge < -0.3 is 9.88 Å². The molecule has 1 amide bonds. The third-order valence-electron chi connectivity index (χ3n) is 5.12. The first-order chi connectivity index (χ1) is 14.6. The number of aromatic nitrogens is 5. The first-order valence-electron chi connectivity index (χ1n) is 10.2. The van der Waals surface area contributed by atoms with Gasteiger partial charge in [0.25, 0.3) is 0 Å². The van der Waals surface area contributed by atoms with Crippen LogP contribution in [0.3, 0.4) is 0 Å². The van der Waals surface area contributed by atoms with Crippen LogP contribution in [0.2, 0.25) is 0 Å². The maximum Gasteiger partial charge on any atom is 0.225 e. The van der Waals surface area contributed by atoms with E-state index in [1.165, 1.54) is 12.8 Å². The van der Waals surface area contributed by atoms with Gasteiger partial charge in [0, 0.05) is 24.6 Å². The molecule has 0 bridgehead atoms. The van der Waals surface area contributed by atoms with Crippen molar-refractivity contribution in [3.05, 3.63) is 60.2 Å². The number of hydrogen-bond donors (Lipinski definition) is 1. The van der Waals surface area contributed by atoms with Crippen LogP contribution < -0.4 is 5.32 Å². The summed E-state index contributed by atoms with van der Waals surface area (Å²) in [4.78, 5) is 12.6. The molecular formula is C22H26N6OS. The maximum atomic E-state index is 12.6. The van der Waals surface area contributed by atoms with Gasteiger partial charge in [-0.1, -0.05) is 36.0 Å². The van der Waals surface area contributed by atoms with Gasteiger partial charge in [0.1, 0.15) is 5.82 Å². The molecule has 0 aliphatic heterocycles. The number of anilines is 1. The monoisotopic (exact) mass is 422 g/mol. The Morgan fingerprint density at radius 1 is 1.27 bits per heavy atom. The molecule has 1 aliphatic carbocycles. The molecule has 156 valence electrons. The Balaban J connectivity index is 1.37.